The molecule has 1 aromatic rings. The molecule has 0 spiro atoms. The van der Waals surface area contributed by atoms with Gasteiger partial charge in [-0.1, -0.05) is 37.3 Å². The third-order valence-electron chi connectivity index (χ3n) is 1.33. The quantitative estimate of drug-likeness (QED) is 0.574. The zero-order valence-corrected chi connectivity index (χ0v) is 7.92. The molecule has 1 rings (SSSR count). The lowest BCUT2D eigenvalue weighted by Crippen LogP contribution is -1.79. The number of halogens is 1. The minimum atomic E-state index is 0. The maximum Gasteiger partial charge on any atom is -0.00428 e. The van der Waals surface area contributed by atoms with E-state index in [2.05, 4.69) is 40.4 Å². The van der Waals surface area contributed by atoms with Gasteiger partial charge in [-0.05, 0) is 11.2 Å². The fourth-order valence-corrected chi connectivity index (χ4v) is 0.979. The molecule has 2 atom stereocenters. The van der Waals surface area contributed by atoms with Crippen molar-refractivity contribution in [2.24, 2.45) is 0 Å². The summed E-state index contributed by atoms with van der Waals surface area (Å²) >= 11 is 0. The Morgan fingerprint density at radius 2 is 1.70 bits per heavy atom. The molecule has 0 aliphatic heterocycles. The van der Waals surface area contributed by atoms with Crippen molar-refractivity contribution in [3.63, 3.8) is 0 Å². The summed E-state index contributed by atoms with van der Waals surface area (Å²) in [7, 11) is 2.77. The first kappa shape index (κ1) is 9.94. The number of hydrogen-bond acceptors (Lipinski definition) is 0. The van der Waals surface area contributed by atoms with Crippen molar-refractivity contribution in [3.8, 4) is 0 Å². The summed E-state index contributed by atoms with van der Waals surface area (Å²) < 4.78 is 0. The van der Waals surface area contributed by atoms with Gasteiger partial charge >= 0.3 is 0 Å². The summed E-state index contributed by atoms with van der Waals surface area (Å²) in [6.45, 7) is 2.17. The van der Waals surface area contributed by atoms with Crippen LogP contribution in [0.5, 0.6) is 0 Å². The Labute approximate surface area is 70.6 Å². The molecule has 1 aromatic carbocycles. The van der Waals surface area contributed by atoms with Gasteiger partial charge in [0, 0.05) is 0 Å². The Balaban J connectivity index is 0.000000810. The van der Waals surface area contributed by atoms with Crippen molar-refractivity contribution < 1.29 is 0 Å². The molecule has 10 heavy (non-hydrogen) atoms. The van der Waals surface area contributed by atoms with Crippen molar-refractivity contribution >= 4 is 21.6 Å². The minimum Gasteiger partial charge on any atom is -0.147 e. The van der Waals surface area contributed by atoms with Crippen molar-refractivity contribution in [3.05, 3.63) is 35.9 Å². The highest BCUT2D eigenvalue weighted by atomic mass is 35.5. The SMILES string of the molecule is CC(P)c1ccccc1.Cl. The van der Waals surface area contributed by atoms with Crippen molar-refractivity contribution in [2.45, 2.75) is 12.6 Å². The van der Waals surface area contributed by atoms with Gasteiger partial charge in [0.15, 0.2) is 0 Å². The molecular weight excluding hydrogens is 163 g/mol. The monoisotopic (exact) mass is 174 g/mol. The lowest BCUT2D eigenvalue weighted by Gasteiger charge is -2.01. The van der Waals surface area contributed by atoms with Crippen molar-refractivity contribution in [2.75, 3.05) is 0 Å². The molecule has 0 amide bonds. The second-order valence-corrected chi connectivity index (χ2v) is 3.20. The third-order valence-corrected chi connectivity index (χ3v) is 1.71. The molecule has 0 fully saturated rings. The third kappa shape index (κ3) is 2.68. The molecule has 0 saturated heterocycles. The zero-order chi connectivity index (χ0) is 6.69. The van der Waals surface area contributed by atoms with Gasteiger partial charge in [0.2, 0.25) is 0 Å². The van der Waals surface area contributed by atoms with Gasteiger partial charge in [-0.3, -0.25) is 0 Å². The van der Waals surface area contributed by atoms with E-state index in [4.69, 9.17) is 0 Å². The fraction of sp³-hybridized carbons (Fsp3) is 0.250. The molecule has 0 N–H and O–H groups in total. The summed E-state index contributed by atoms with van der Waals surface area (Å²) in [6, 6.07) is 10.4. The Morgan fingerprint density at radius 3 is 2.00 bits per heavy atom. The molecule has 0 aliphatic rings. The van der Waals surface area contributed by atoms with Gasteiger partial charge in [0.1, 0.15) is 0 Å². The largest absolute Gasteiger partial charge is 0.147 e. The van der Waals surface area contributed by atoms with Crippen LogP contribution in [-0.4, -0.2) is 0 Å². The van der Waals surface area contributed by atoms with Crippen LogP contribution in [0.1, 0.15) is 18.1 Å². The van der Waals surface area contributed by atoms with Gasteiger partial charge in [-0.2, -0.15) is 0 Å². The van der Waals surface area contributed by atoms with Crippen LogP contribution in [0.3, 0.4) is 0 Å². The molecule has 0 aromatic heterocycles. The molecule has 0 bridgehead atoms. The topological polar surface area (TPSA) is 0 Å². The summed E-state index contributed by atoms with van der Waals surface area (Å²) in [5.41, 5.74) is 1.95. The van der Waals surface area contributed by atoms with Gasteiger partial charge in [-0.15, -0.1) is 21.6 Å². The first-order chi connectivity index (χ1) is 4.30. The van der Waals surface area contributed by atoms with E-state index in [0.29, 0.717) is 5.66 Å². The zero-order valence-electron chi connectivity index (χ0n) is 5.95. The lowest BCUT2D eigenvalue weighted by atomic mass is 10.2. The van der Waals surface area contributed by atoms with Crippen molar-refractivity contribution in [1.82, 2.24) is 0 Å². The number of rotatable bonds is 1. The number of benzene rings is 1. The predicted octanol–water partition coefficient (Wildman–Crippen LogP) is 3.04. The van der Waals surface area contributed by atoms with E-state index >= 15 is 0 Å². The van der Waals surface area contributed by atoms with E-state index in [-0.39, 0.29) is 12.4 Å². The molecule has 0 heterocycles. The molecule has 0 nitrogen and oxygen atoms in total. The van der Waals surface area contributed by atoms with E-state index in [1.54, 1.807) is 0 Å². The van der Waals surface area contributed by atoms with Crippen LogP contribution in [0.15, 0.2) is 30.3 Å². The second-order valence-electron chi connectivity index (χ2n) is 2.20. The predicted molar refractivity (Wildman–Crippen MR) is 51.8 cm³/mol. The molecule has 0 aliphatic carbocycles. The van der Waals surface area contributed by atoms with E-state index < -0.39 is 0 Å². The molecule has 0 radical (unpaired) electrons. The average molecular weight is 175 g/mol. The highest BCUT2D eigenvalue weighted by molar-refractivity contribution is 7.17. The molecular formula is C8H12ClP. The standard InChI is InChI=1S/C8H11P.ClH/c1-7(9)8-5-3-2-4-6-8;/h2-7H,9H2,1H3;1H. The van der Waals surface area contributed by atoms with Crippen molar-refractivity contribution in [1.29, 1.82) is 0 Å². The Bertz CT molecular complexity index is 172. The van der Waals surface area contributed by atoms with E-state index in [9.17, 15) is 0 Å². The fourth-order valence-electron chi connectivity index (χ4n) is 0.757. The Kier molecular flexibility index (Phi) is 4.68. The Morgan fingerprint density at radius 1 is 1.20 bits per heavy atom. The maximum absolute atomic E-state index is 2.77. The summed E-state index contributed by atoms with van der Waals surface area (Å²) in [6.07, 6.45) is 0. The van der Waals surface area contributed by atoms with Crippen LogP contribution in [0.4, 0.5) is 0 Å². The molecule has 2 unspecified atom stereocenters. The van der Waals surface area contributed by atoms with Crippen LogP contribution in [0, 0.1) is 0 Å². The number of hydrogen-bond donors (Lipinski definition) is 0. The van der Waals surface area contributed by atoms with Crippen LogP contribution in [-0.2, 0) is 0 Å². The average Bonchev–Trinajstić information content (AvgIpc) is 1.90. The highest BCUT2D eigenvalue weighted by Crippen LogP contribution is 2.20. The van der Waals surface area contributed by atoms with Crippen LogP contribution >= 0.6 is 21.6 Å². The first-order valence-electron chi connectivity index (χ1n) is 3.11. The van der Waals surface area contributed by atoms with Gasteiger partial charge in [0.05, 0.1) is 0 Å². The van der Waals surface area contributed by atoms with Gasteiger partial charge < -0.3 is 0 Å². The Hall–Kier alpha value is -0.0600. The summed E-state index contributed by atoms with van der Waals surface area (Å²) in [5.74, 6) is 0. The minimum absolute atomic E-state index is 0. The molecule has 0 saturated carbocycles. The lowest BCUT2D eigenvalue weighted by molar-refractivity contribution is 1.10. The molecule has 56 valence electrons. The van der Waals surface area contributed by atoms with E-state index in [1.807, 2.05) is 6.07 Å². The van der Waals surface area contributed by atoms with Crippen LogP contribution in [0.25, 0.3) is 0 Å². The maximum atomic E-state index is 2.77. The highest BCUT2D eigenvalue weighted by Gasteiger charge is 1.93. The first-order valence-corrected chi connectivity index (χ1v) is 3.78. The van der Waals surface area contributed by atoms with E-state index in [0.717, 1.165) is 0 Å². The van der Waals surface area contributed by atoms with E-state index in [1.165, 1.54) is 5.56 Å². The van der Waals surface area contributed by atoms with Gasteiger partial charge in [0.25, 0.3) is 0 Å². The summed E-state index contributed by atoms with van der Waals surface area (Å²) in [4.78, 5) is 0. The normalized spacial score (nSPS) is 11.8. The molecule has 2 heteroatoms. The summed E-state index contributed by atoms with van der Waals surface area (Å²) in [5, 5.41) is 0. The smallest absolute Gasteiger partial charge is 0.00428 e. The van der Waals surface area contributed by atoms with Gasteiger partial charge in [-0.25, -0.2) is 0 Å². The van der Waals surface area contributed by atoms with Crippen LogP contribution < -0.4 is 0 Å². The second kappa shape index (κ2) is 4.71. The van der Waals surface area contributed by atoms with Crippen LogP contribution in [0.2, 0.25) is 0 Å².